The van der Waals surface area contributed by atoms with Gasteiger partial charge in [-0.1, -0.05) is 18.2 Å². The molecular formula is C21H22ClF2N5O3. The van der Waals surface area contributed by atoms with Crippen molar-refractivity contribution in [3.05, 3.63) is 53.1 Å². The molecule has 11 heteroatoms. The predicted molar refractivity (Wildman–Crippen MR) is 114 cm³/mol. The van der Waals surface area contributed by atoms with Crippen LogP contribution in [0, 0.1) is 0 Å². The molecular weight excluding hydrogens is 444 g/mol. The fraction of sp³-hybridized carbons (Fsp3) is 0.381. The average molecular weight is 466 g/mol. The summed E-state index contributed by atoms with van der Waals surface area (Å²) in [5, 5.41) is 16.0. The van der Waals surface area contributed by atoms with Crippen molar-refractivity contribution in [2.75, 3.05) is 18.4 Å². The van der Waals surface area contributed by atoms with E-state index >= 15 is 0 Å². The molecule has 8 nitrogen and oxygen atoms in total. The molecule has 1 aliphatic carbocycles. The molecule has 32 heavy (non-hydrogen) atoms. The molecule has 0 spiro atoms. The summed E-state index contributed by atoms with van der Waals surface area (Å²) in [6, 6.07) is 2.52. The van der Waals surface area contributed by atoms with Gasteiger partial charge in [0, 0.05) is 37.6 Å². The molecule has 170 valence electrons. The molecule has 1 aliphatic heterocycles. The summed E-state index contributed by atoms with van der Waals surface area (Å²) >= 11 is 6.03. The average Bonchev–Trinajstić information content (AvgIpc) is 3.17. The Bertz CT molecular complexity index is 1100. The number of rotatable bonds is 7. The van der Waals surface area contributed by atoms with Gasteiger partial charge in [-0.3, -0.25) is 9.59 Å². The van der Waals surface area contributed by atoms with Gasteiger partial charge in [-0.2, -0.15) is 0 Å². The lowest BCUT2D eigenvalue weighted by Crippen LogP contribution is -2.60. The number of benzene rings is 1. The van der Waals surface area contributed by atoms with Crippen LogP contribution in [0.3, 0.4) is 0 Å². The van der Waals surface area contributed by atoms with Gasteiger partial charge in [0.25, 0.3) is 11.8 Å². The molecule has 4 rings (SSSR count). The molecule has 1 aromatic heterocycles. The lowest BCUT2D eigenvalue weighted by molar-refractivity contribution is -0.130. The second-order valence-electron chi connectivity index (χ2n) is 8.00. The molecule has 1 saturated heterocycles. The van der Waals surface area contributed by atoms with Gasteiger partial charge in [-0.15, -0.1) is 0 Å². The third kappa shape index (κ3) is 4.14. The maximum Gasteiger partial charge on any atom is 0.269 e. The molecule has 2 fully saturated rings. The van der Waals surface area contributed by atoms with Crippen LogP contribution in [0.15, 0.2) is 31.0 Å². The van der Waals surface area contributed by atoms with Crippen LogP contribution in [-0.2, 0) is 18.4 Å². The zero-order chi connectivity index (χ0) is 23.2. The minimum absolute atomic E-state index is 0.0931. The van der Waals surface area contributed by atoms with E-state index in [2.05, 4.69) is 22.2 Å². The Morgan fingerprint density at radius 1 is 1.41 bits per heavy atom. The van der Waals surface area contributed by atoms with Gasteiger partial charge in [0.05, 0.1) is 30.4 Å². The molecule has 2 aliphatic rings. The first-order chi connectivity index (χ1) is 15.1. The summed E-state index contributed by atoms with van der Waals surface area (Å²) in [4.78, 5) is 29.8. The van der Waals surface area contributed by atoms with Crippen molar-refractivity contribution >= 4 is 29.1 Å². The highest BCUT2D eigenvalue weighted by molar-refractivity contribution is 6.31. The number of nitrogens with zero attached hydrogens (tertiary/aromatic N) is 3. The number of carbonyl (C=O) groups is 2. The number of halogens is 3. The number of aromatic nitrogens is 2. The number of imidazole rings is 1. The summed E-state index contributed by atoms with van der Waals surface area (Å²) in [5.74, 6) is -3.91. The van der Waals surface area contributed by atoms with E-state index in [0.717, 1.165) is 0 Å². The smallest absolute Gasteiger partial charge is 0.269 e. The Balaban J connectivity index is 1.38. The largest absolute Gasteiger partial charge is 0.506 e. The lowest BCUT2D eigenvalue weighted by atomic mass is 10.1. The number of alkyl halides is 2. The summed E-state index contributed by atoms with van der Waals surface area (Å²) in [6.45, 7) is 4.41. The van der Waals surface area contributed by atoms with E-state index in [1.165, 1.54) is 24.4 Å². The van der Waals surface area contributed by atoms with Gasteiger partial charge in [0.1, 0.15) is 17.3 Å². The number of phenols is 1. The van der Waals surface area contributed by atoms with Crippen molar-refractivity contribution in [3.63, 3.8) is 0 Å². The van der Waals surface area contributed by atoms with Gasteiger partial charge in [0.2, 0.25) is 5.91 Å². The van der Waals surface area contributed by atoms with Crippen LogP contribution in [0.25, 0.3) is 0 Å². The van der Waals surface area contributed by atoms with Crippen LogP contribution in [0.5, 0.6) is 5.75 Å². The maximum absolute atomic E-state index is 13.5. The molecule has 2 aromatic rings. The minimum Gasteiger partial charge on any atom is -0.506 e. The lowest BCUT2D eigenvalue weighted by Gasteiger charge is -2.38. The summed E-state index contributed by atoms with van der Waals surface area (Å²) in [5.41, 5.74) is 0.859. The van der Waals surface area contributed by atoms with Crippen LogP contribution in [0.4, 0.5) is 14.5 Å². The van der Waals surface area contributed by atoms with Gasteiger partial charge in [-0.05, 0) is 17.7 Å². The Hall–Kier alpha value is -3.14. The van der Waals surface area contributed by atoms with Crippen LogP contribution < -0.4 is 10.6 Å². The molecule has 1 aromatic carbocycles. The number of aromatic hydroxyl groups is 1. The van der Waals surface area contributed by atoms with E-state index in [1.807, 2.05) is 0 Å². The normalized spacial score (nSPS) is 19.2. The molecule has 1 atom stereocenters. The van der Waals surface area contributed by atoms with Gasteiger partial charge in [-0.25, -0.2) is 13.8 Å². The number of amides is 2. The molecule has 0 bridgehead atoms. The predicted octanol–water partition coefficient (Wildman–Crippen LogP) is 2.64. The third-order valence-corrected chi connectivity index (χ3v) is 6.10. The second-order valence-corrected chi connectivity index (χ2v) is 8.41. The Morgan fingerprint density at radius 3 is 2.72 bits per heavy atom. The fourth-order valence-electron chi connectivity index (χ4n) is 3.67. The summed E-state index contributed by atoms with van der Waals surface area (Å²) in [6.07, 6.45) is 2.39. The molecule has 3 N–H and O–H groups in total. The van der Waals surface area contributed by atoms with Gasteiger partial charge < -0.3 is 25.2 Å². The van der Waals surface area contributed by atoms with Crippen LogP contribution >= 0.6 is 11.6 Å². The number of anilines is 1. The van der Waals surface area contributed by atoms with Crippen molar-refractivity contribution in [2.45, 2.75) is 30.8 Å². The highest BCUT2D eigenvalue weighted by atomic mass is 35.5. The van der Waals surface area contributed by atoms with Crippen molar-refractivity contribution in [1.82, 2.24) is 19.8 Å². The van der Waals surface area contributed by atoms with Crippen molar-refractivity contribution in [2.24, 2.45) is 7.05 Å². The summed E-state index contributed by atoms with van der Waals surface area (Å²) in [7, 11) is 1.67. The first-order valence-electron chi connectivity index (χ1n) is 9.97. The standard InChI is InChI=1S/C21H22ClF2N5O3/c1-3-19(31)29-9-11(10-29)27-20(32)16-7-26-18(28(16)2)8-25-15-4-12(13-6-21(13,23)24)14(22)5-17(15)30/h3-5,7,11,13,25,30H,1,6,8-10H2,2H3,(H,27,32). The number of hydrogen-bond donors (Lipinski definition) is 3. The van der Waals surface area contributed by atoms with Crippen LogP contribution in [0.1, 0.15) is 34.2 Å². The Morgan fingerprint density at radius 2 is 2.09 bits per heavy atom. The number of hydrogen-bond acceptors (Lipinski definition) is 5. The zero-order valence-corrected chi connectivity index (χ0v) is 18.0. The van der Waals surface area contributed by atoms with E-state index in [9.17, 15) is 23.5 Å². The number of carbonyl (C=O) groups excluding carboxylic acids is 2. The first-order valence-corrected chi connectivity index (χ1v) is 10.4. The minimum atomic E-state index is -2.78. The Kier molecular flexibility index (Phi) is 5.58. The maximum atomic E-state index is 13.5. The molecule has 1 saturated carbocycles. The van der Waals surface area contributed by atoms with Gasteiger partial charge >= 0.3 is 0 Å². The van der Waals surface area contributed by atoms with E-state index < -0.39 is 11.8 Å². The van der Waals surface area contributed by atoms with E-state index in [0.29, 0.717) is 24.6 Å². The van der Waals surface area contributed by atoms with Crippen molar-refractivity contribution in [3.8, 4) is 5.75 Å². The number of likely N-dealkylation sites (tertiary alicyclic amines) is 1. The first kappa shape index (κ1) is 22.1. The van der Waals surface area contributed by atoms with Crippen molar-refractivity contribution in [1.29, 1.82) is 0 Å². The van der Waals surface area contributed by atoms with E-state index in [1.54, 1.807) is 16.5 Å². The van der Waals surface area contributed by atoms with Crippen LogP contribution in [-0.4, -0.2) is 56.4 Å². The zero-order valence-electron chi connectivity index (χ0n) is 17.2. The highest BCUT2D eigenvalue weighted by Crippen LogP contribution is 2.58. The van der Waals surface area contributed by atoms with Crippen molar-refractivity contribution < 1.29 is 23.5 Å². The van der Waals surface area contributed by atoms with Crippen LogP contribution in [0.2, 0.25) is 5.02 Å². The van der Waals surface area contributed by atoms with Gasteiger partial charge in [0.15, 0.2) is 0 Å². The summed E-state index contributed by atoms with van der Waals surface area (Å²) < 4.78 is 28.5. The highest BCUT2D eigenvalue weighted by Gasteiger charge is 2.58. The quantitative estimate of drug-likeness (QED) is 0.431. The number of nitrogens with one attached hydrogen (secondary N) is 2. The Labute approximate surface area is 187 Å². The third-order valence-electron chi connectivity index (χ3n) is 5.77. The van der Waals surface area contributed by atoms with E-state index in [-0.39, 0.29) is 52.8 Å². The topological polar surface area (TPSA) is 99.5 Å². The molecule has 1 unspecified atom stereocenters. The second kappa shape index (κ2) is 8.09. The number of phenolic OH excluding ortho intramolecular Hbond substituents is 1. The fourth-order valence-corrected chi connectivity index (χ4v) is 3.96. The molecule has 0 radical (unpaired) electrons. The molecule has 2 heterocycles. The van der Waals surface area contributed by atoms with E-state index in [4.69, 9.17) is 11.6 Å². The monoisotopic (exact) mass is 465 g/mol. The SMILES string of the molecule is C=CC(=O)N1CC(NC(=O)c2cnc(CNc3cc(C4CC4(F)F)c(Cl)cc3O)n2C)C1. The molecule has 2 amide bonds.